The Bertz CT molecular complexity index is 599. The van der Waals surface area contributed by atoms with Crippen LogP contribution in [0.4, 0.5) is 0 Å². The van der Waals surface area contributed by atoms with Gasteiger partial charge in [0.2, 0.25) is 5.91 Å². The second kappa shape index (κ2) is 9.70. The molecule has 1 aromatic carbocycles. The van der Waals surface area contributed by atoms with E-state index in [2.05, 4.69) is 30.1 Å². The fourth-order valence-electron chi connectivity index (χ4n) is 5.24. The molecule has 27 heavy (non-hydrogen) atoms. The van der Waals surface area contributed by atoms with Crippen LogP contribution in [0.15, 0.2) is 24.3 Å². The summed E-state index contributed by atoms with van der Waals surface area (Å²) < 4.78 is 0. The number of carbonyl (C=O) groups is 1. The molecule has 3 rings (SSSR count). The molecule has 2 bridgehead atoms. The maximum atomic E-state index is 11.8. The first kappa shape index (κ1) is 20.3. The number of nitrogens with one attached hydrogen (secondary N) is 1. The fourth-order valence-corrected chi connectivity index (χ4v) is 5.24. The van der Waals surface area contributed by atoms with E-state index in [0.717, 1.165) is 24.6 Å². The van der Waals surface area contributed by atoms with Crippen molar-refractivity contribution < 1.29 is 4.79 Å². The van der Waals surface area contributed by atoms with Crippen molar-refractivity contribution in [2.75, 3.05) is 19.6 Å². The molecule has 0 spiro atoms. The smallest absolute Gasteiger partial charge is 0.248 e. The summed E-state index contributed by atoms with van der Waals surface area (Å²) in [4.78, 5) is 14.6. The SMILES string of the molecule is CCC(CC)CNCCCN1C2CCC1CC(c1ccccc1C(N)=O)C2. The van der Waals surface area contributed by atoms with Gasteiger partial charge in [-0.15, -0.1) is 0 Å². The quantitative estimate of drug-likeness (QED) is 0.613. The lowest BCUT2D eigenvalue weighted by Gasteiger charge is -2.39. The normalized spacial score (nSPS) is 25.2. The van der Waals surface area contributed by atoms with Gasteiger partial charge < -0.3 is 11.1 Å². The van der Waals surface area contributed by atoms with E-state index in [1.54, 1.807) is 0 Å². The maximum Gasteiger partial charge on any atom is 0.248 e. The van der Waals surface area contributed by atoms with E-state index < -0.39 is 0 Å². The van der Waals surface area contributed by atoms with Crippen LogP contribution < -0.4 is 11.1 Å². The molecule has 2 aliphatic rings. The summed E-state index contributed by atoms with van der Waals surface area (Å²) in [5.41, 5.74) is 7.51. The van der Waals surface area contributed by atoms with E-state index in [1.807, 2.05) is 18.2 Å². The van der Waals surface area contributed by atoms with E-state index in [-0.39, 0.29) is 5.91 Å². The Hall–Kier alpha value is -1.39. The number of rotatable bonds is 10. The minimum Gasteiger partial charge on any atom is -0.366 e. The van der Waals surface area contributed by atoms with Crippen molar-refractivity contribution in [2.24, 2.45) is 11.7 Å². The number of carbonyl (C=O) groups excluding carboxylic acids is 1. The molecule has 0 radical (unpaired) electrons. The van der Waals surface area contributed by atoms with Crippen molar-refractivity contribution >= 4 is 5.91 Å². The molecule has 1 amide bonds. The molecule has 2 saturated heterocycles. The lowest BCUT2D eigenvalue weighted by molar-refractivity contribution is 0.0993. The standard InChI is InChI=1S/C23H37N3O/c1-3-17(4-2)16-25-12-7-13-26-19-10-11-20(26)15-18(14-19)21-8-5-6-9-22(21)23(24)27/h5-6,8-9,17-20,25H,3-4,7,10-16H2,1-2H3,(H2,24,27). The molecule has 2 unspecified atom stereocenters. The fraction of sp³-hybridized carbons (Fsp3) is 0.696. The van der Waals surface area contributed by atoms with Gasteiger partial charge in [-0.3, -0.25) is 9.69 Å². The minimum absolute atomic E-state index is 0.288. The van der Waals surface area contributed by atoms with Gasteiger partial charge >= 0.3 is 0 Å². The molecule has 150 valence electrons. The predicted octanol–water partition coefficient (Wildman–Crippen LogP) is 3.91. The van der Waals surface area contributed by atoms with Gasteiger partial charge in [-0.1, -0.05) is 44.9 Å². The minimum atomic E-state index is -0.288. The average molecular weight is 372 g/mol. The van der Waals surface area contributed by atoms with E-state index in [9.17, 15) is 4.79 Å². The van der Waals surface area contributed by atoms with Crippen molar-refractivity contribution in [3.63, 3.8) is 0 Å². The van der Waals surface area contributed by atoms with Gasteiger partial charge in [-0.25, -0.2) is 0 Å². The first-order chi connectivity index (χ1) is 13.1. The van der Waals surface area contributed by atoms with Crippen LogP contribution in [0, 0.1) is 5.92 Å². The summed E-state index contributed by atoms with van der Waals surface area (Å²) in [6.07, 6.45) is 8.73. The highest BCUT2D eigenvalue weighted by molar-refractivity contribution is 5.94. The number of nitrogens with two attached hydrogens (primary N) is 1. The predicted molar refractivity (Wildman–Crippen MR) is 112 cm³/mol. The number of primary amides is 1. The van der Waals surface area contributed by atoms with Crippen LogP contribution >= 0.6 is 0 Å². The van der Waals surface area contributed by atoms with Gasteiger partial charge in [0, 0.05) is 17.6 Å². The molecule has 2 atom stereocenters. The lowest BCUT2D eigenvalue weighted by Crippen LogP contribution is -2.43. The van der Waals surface area contributed by atoms with Crippen LogP contribution in [0.25, 0.3) is 0 Å². The van der Waals surface area contributed by atoms with Gasteiger partial charge in [0.05, 0.1) is 0 Å². The monoisotopic (exact) mass is 371 g/mol. The summed E-state index contributed by atoms with van der Waals surface area (Å²) in [5, 5.41) is 3.65. The molecular formula is C23H37N3O. The third kappa shape index (κ3) is 4.91. The Morgan fingerprint density at radius 3 is 2.48 bits per heavy atom. The highest BCUT2D eigenvalue weighted by atomic mass is 16.1. The molecule has 4 heteroatoms. The Morgan fingerprint density at radius 2 is 1.85 bits per heavy atom. The molecule has 4 nitrogen and oxygen atoms in total. The van der Waals surface area contributed by atoms with Gasteiger partial charge in [-0.05, 0) is 75.2 Å². The molecule has 0 saturated carbocycles. The van der Waals surface area contributed by atoms with Crippen LogP contribution in [0.5, 0.6) is 0 Å². The zero-order chi connectivity index (χ0) is 19.2. The number of hydrogen-bond donors (Lipinski definition) is 2. The van der Waals surface area contributed by atoms with Crippen LogP contribution in [-0.2, 0) is 0 Å². The van der Waals surface area contributed by atoms with Gasteiger partial charge in [0.25, 0.3) is 0 Å². The van der Waals surface area contributed by atoms with Crippen molar-refractivity contribution in [3.8, 4) is 0 Å². The topological polar surface area (TPSA) is 58.4 Å². The Labute approximate surface area is 164 Å². The third-order valence-corrected chi connectivity index (χ3v) is 6.91. The lowest BCUT2D eigenvalue weighted by atomic mass is 9.82. The van der Waals surface area contributed by atoms with Crippen molar-refractivity contribution in [1.82, 2.24) is 10.2 Å². The van der Waals surface area contributed by atoms with Crippen molar-refractivity contribution in [2.45, 2.75) is 76.8 Å². The Kier molecular flexibility index (Phi) is 7.31. The molecule has 2 fully saturated rings. The highest BCUT2D eigenvalue weighted by Crippen LogP contribution is 2.43. The first-order valence-corrected chi connectivity index (χ1v) is 11.0. The van der Waals surface area contributed by atoms with Gasteiger partial charge in [0.1, 0.15) is 0 Å². The number of nitrogens with zero attached hydrogens (tertiary/aromatic N) is 1. The van der Waals surface area contributed by atoms with E-state index in [1.165, 1.54) is 57.1 Å². The Balaban J connectivity index is 1.50. The van der Waals surface area contributed by atoms with E-state index in [0.29, 0.717) is 18.0 Å². The summed E-state index contributed by atoms with van der Waals surface area (Å²) >= 11 is 0. The van der Waals surface area contributed by atoms with Crippen LogP contribution in [0.1, 0.15) is 80.6 Å². The molecule has 0 aromatic heterocycles. The number of benzene rings is 1. The molecule has 2 aliphatic heterocycles. The second-order valence-electron chi connectivity index (χ2n) is 8.48. The zero-order valence-corrected chi connectivity index (χ0v) is 17.1. The Morgan fingerprint density at radius 1 is 1.19 bits per heavy atom. The van der Waals surface area contributed by atoms with Crippen molar-refractivity contribution in [3.05, 3.63) is 35.4 Å². The third-order valence-electron chi connectivity index (χ3n) is 6.91. The molecule has 3 N–H and O–H groups in total. The highest BCUT2D eigenvalue weighted by Gasteiger charge is 2.41. The molecule has 1 aromatic rings. The van der Waals surface area contributed by atoms with Crippen LogP contribution in [0.2, 0.25) is 0 Å². The number of hydrogen-bond acceptors (Lipinski definition) is 3. The molecule has 0 aliphatic carbocycles. The van der Waals surface area contributed by atoms with Crippen LogP contribution in [-0.4, -0.2) is 42.5 Å². The summed E-state index contributed by atoms with van der Waals surface area (Å²) in [7, 11) is 0. The first-order valence-electron chi connectivity index (χ1n) is 11.0. The molecular weight excluding hydrogens is 334 g/mol. The van der Waals surface area contributed by atoms with Crippen molar-refractivity contribution in [1.29, 1.82) is 0 Å². The second-order valence-corrected chi connectivity index (χ2v) is 8.48. The van der Waals surface area contributed by atoms with Gasteiger partial charge in [0.15, 0.2) is 0 Å². The zero-order valence-electron chi connectivity index (χ0n) is 17.1. The average Bonchev–Trinajstić information content (AvgIpc) is 2.92. The summed E-state index contributed by atoms with van der Waals surface area (Å²) in [6, 6.07) is 9.31. The van der Waals surface area contributed by atoms with E-state index in [4.69, 9.17) is 5.73 Å². The van der Waals surface area contributed by atoms with E-state index >= 15 is 0 Å². The number of amides is 1. The number of fused-ring (bicyclic) bond motifs is 2. The molecule has 2 heterocycles. The largest absolute Gasteiger partial charge is 0.366 e. The number of piperidine rings is 1. The summed E-state index contributed by atoms with van der Waals surface area (Å²) in [5.74, 6) is 1.02. The van der Waals surface area contributed by atoms with Crippen LogP contribution in [0.3, 0.4) is 0 Å². The summed E-state index contributed by atoms with van der Waals surface area (Å²) in [6.45, 7) is 8.06. The van der Waals surface area contributed by atoms with Gasteiger partial charge in [-0.2, -0.15) is 0 Å². The maximum absolute atomic E-state index is 11.8.